The minimum atomic E-state index is -0.629. The van der Waals surface area contributed by atoms with E-state index < -0.39 is 11.0 Å². The van der Waals surface area contributed by atoms with Crippen molar-refractivity contribution in [1.29, 1.82) is 0 Å². The van der Waals surface area contributed by atoms with E-state index in [-0.39, 0.29) is 24.3 Å². The maximum absolute atomic E-state index is 13.2. The van der Waals surface area contributed by atoms with Crippen molar-refractivity contribution >= 4 is 29.2 Å². The van der Waals surface area contributed by atoms with Crippen molar-refractivity contribution < 1.29 is 14.4 Å². The molecule has 176 valence electrons. The number of amides is 3. The second-order valence-corrected chi connectivity index (χ2v) is 10.1. The number of carbonyl (C=O) groups is 3. The molecule has 2 aliphatic heterocycles. The fourth-order valence-electron chi connectivity index (χ4n) is 6.32. The van der Waals surface area contributed by atoms with Crippen LogP contribution in [0, 0.1) is 0 Å². The highest BCUT2D eigenvalue weighted by Gasteiger charge is 2.51. The van der Waals surface area contributed by atoms with Crippen LogP contribution < -0.4 is 16.0 Å². The highest BCUT2D eigenvalue weighted by Crippen LogP contribution is 2.47. The number of hydrogen-bond acceptors (Lipinski definition) is 5. The van der Waals surface area contributed by atoms with Gasteiger partial charge in [0.15, 0.2) is 0 Å². The summed E-state index contributed by atoms with van der Waals surface area (Å²) in [7, 11) is 0. The van der Waals surface area contributed by atoms with Crippen LogP contribution in [-0.4, -0.2) is 52.8 Å². The molecule has 3 N–H and O–H groups in total. The fourth-order valence-corrected chi connectivity index (χ4v) is 6.32. The first-order chi connectivity index (χ1) is 16.5. The number of pyridine rings is 1. The molecule has 1 saturated carbocycles. The molecule has 0 bridgehead atoms. The molecule has 2 spiro atoms. The van der Waals surface area contributed by atoms with E-state index in [1.54, 1.807) is 11.1 Å². The van der Waals surface area contributed by atoms with Crippen LogP contribution in [0.1, 0.15) is 48.8 Å². The molecule has 8 nitrogen and oxygen atoms in total. The minimum absolute atomic E-state index is 0.0166. The van der Waals surface area contributed by atoms with Gasteiger partial charge in [-0.3, -0.25) is 14.4 Å². The maximum atomic E-state index is 13.2. The van der Waals surface area contributed by atoms with Crippen molar-refractivity contribution in [3.8, 4) is 0 Å². The van der Waals surface area contributed by atoms with Crippen LogP contribution in [0.3, 0.4) is 0 Å². The summed E-state index contributed by atoms with van der Waals surface area (Å²) < 4.78 is 0. The Balaban J connectivity index is 1.16. The zero-order valence-corrected chi connectivity index (χ0v) is 19.2. The third-order valence-corrected chi connectivity index (χ3v) is 8.02. The zero-order chi connectivity index (χ0) is 23.3. The molecule has 1 aromatic heterocycles. The van der Waals surface area contributed by atoms with Crippen LogP contribution in [0.2, 0.25) is 0 Å². The van der Waals surface area contributed by atoms with Crippen molar-refractivity contribution in [2.75, 3.05) is 30.3 Å². The van der Waals surface area contributed by atoms with E-state index in [1.807, 2.05) is 30.3 Å². The number of nitrogens with one attached hydrogen (secondary N) is 3. The van der Waals surface area contributed by atoms with Gasteiger partial charge in [-0.1, -0.05) is 25.0 Å². The Morgan fingerprint density at radius 2 is 1.91 bits per heavy atom. The fraction of sp³-hybridized carbons (Fsp3) is 0.462. The van der Waals surface area contributed by atoms with E-state index in [0.717, 1.165) is 55.3 Å². The number of anilines is 2. The van der Waals surface area contributed by atoms with Crippen molar-refractivity contribution in [3.05, 3.63) is 53.2 Å². The Morgan fingerprint density at radius 1 is 1.09 bits per heavy atom. The number of rotatable bonds is 3. The lowest BCUT2D eigenvalue weighted by Gasteiger charge is -2.31. The van der Waals surface area contributed by atoms with E-state index in [0.29, 0.717) is 30.9 Å². The number of carbonyl (C=O) groups excluding carboxylic acids is 3. The van der Waals surface area contributed by atoms with Crippen molar-refractivity contribution in [2.45, 2.75) is 55.9 Å². The molecule has 1 aromatic carbocycles. The molecule has 3 amide bonds. The second-order valence-electron chi connectivity index (χ2n) is 10.1. The monoisotopic (exact) mass is 459 g/mol. The van der Waals surface area contributed by atoms with Gasteiger partial charge >= 0.3 is 0 Å². The third kappa shape index (κ3) is 3.31. The molecule has 2 fully saturated rings. The smallest absolute Gasteiger partial charge is 0.243 e. The Bertz CT molecular complexity index is 1190. The lowest BCUT2D eigenvalue weighted by molar-refractivity contribution is -0.139. The molecule has 1 unspecified atom stereocenters. The SMILES string of the molecule is O=C(CN1CCCNC2(CCCC2)C1=O)Nc1ccc2c(c1)CC1(C2)C(=O)Nc2ncccc21. The summed E-state index contributed by atoms with van der Waals surface area (Å²) in [5.74, 6) is 0.500. The molecule has 6 rings (SSSR count). The summed E-state index contributed by atoms with van der Waals surface area (Å²) in [4.78, 5) is 45.1. The van der Waals surface area contributed by atoms with E-state index in [9.17, 15) is 14.4 Å². The lowest BCUT2D eigenvalue weighted by Crippen LogP contribution is -2.55. The van der Waals surface area contributed by atoms with Crippen LogP contribution in [0.25, 0.3) is 0 Å². The van der Waals surface area contributed by atoms with Gasteiger partial charge in [0.1, 0.15) is 5.82 Å². The molecular formula is C26H29N5O3. The third-order valence-electron chi connectivity index (χ3n) is 8.02. The van der Waals surface area contributed by atoms with Gasteiger partial charge in [0.2, 0.25) is 17.7 Å². The molecule has 3 heterocycles. The molecule has 8 heteroatoms. The quantitative estimate of drug-likeness (QED) is 0.653. The van der Waals surface area contributed by atoms with Crippen molar-refractivity contribution in [1.82, 2.24) is 15.2 Å². The van der Waals surface area contributed by atoms with Crippen molar-refractivity contribution in [2.24, 2.45) is 0 Å². The summed E-state index contributed by atoms with van der Waals surface area (Å²) in [6.07, 6.45) is 7.54. The van der Waals surface area contributed by atoms with Crippen LogP contribution in [0.5, 0.6) is 0 Å². The average molecular weight is 460 g/mol. The standard InChI is InChI=1S/C26H29N5O3/c32-21(16-31-12-4-11-28-26(24(31)34)8-1-2-9-26)29-19-7-6-17-14-25(15-18(17)13-19)20-5-3-10-27-22(20)30-23(25)33/h3,5-7,10,13,28H,1-2,4,8-9,11-12,14-16H2,(H,29,32)(H,27,30,33). The van der Waals surface area contributed by atoms with E-state index in [2.05, 4.69) is 20.9 Å². The van der Waals surface area contributed by atoms with Gasteiger partial charge in [0, 0.05) is 24.0 Å². The number of aromatic nitrogens is 1. The Labute approximate surface area is 198 Å². The van der Waals surface area contributed by atoms with E-state index in [1.165, 1.54) is 0 Å². The highest BCUT2D eigenvalue weighted by molar-refractivity contribution is 6.06. The predicted molar refractivity (Wildman–Crippen MR) is 127 cm³/mol. The number of fused-ring (bicyclic) bond motifs is 3. The molecule has 1 atom stereocenters. The first-order valence-electron chi connectivity index (χ1n) is 12.2. The molecule has 4 aliphatic rings. The van der Waals surface area contributed by atoms with Crippen LogP contribution >= 0.6 is 0 Å². The Morgan fingerprint density at radius 3 is 2.76 bits per heavy atom. The lowest BCUT2D eigenvalue weighted by atomic mass is 9.79. The van der Waals surface area contributed by atoms with E-state index >= 15 is 0 Å². The normalized spacial score (nSPS) is 24.8. The zero-order valence-electron chi connectivity index (χ0n) is 19.2. The van der Waals surface area contributed by atoms with Crippen LogP contribution in [-0.2, 0) is 32.6 Å². The number of benzene rings is 1. The van der Waals surface area contributed by atoms with Gasteiger partial charge in [0.25, 0.3) is 0 Å². The Kier molecular flexibility index (Phi) is 4.95. The predicted octanol–water partition coefficient (Wildman–Crippen LogP) is 2.14. The van der Waals surface area contributed by atoms with Gasteiger partial charge in [-0.15, -0.1) is 0 Å². The summed E-state index contributed by atoms with van der Waals surface area (Å²) >= 11 is 0. The van der Waals surface area contributed by atoms with Gasteiger partial charge in [0.05, 0.1) is 17.5 Å². The van der Waals surface area contributed by atoms with Gasteiger partial charge in [-0.25, -0.2) is 4.98 Å². The summed E-state index contributed by atoms with van der Waals surface area (Å²) in [6, 6.07) is 9.69. The van der Waals surface area contributed by atoms with Gasteiger partial charge in [-0.05, 0) is 68.0 Å². The van der Waals surface area contributed by atoms with Crippen molar-refractivity contribution in [3.63, 3.8) is 0 Å². The molecule has 1 saturated heterocycles. The van der Waals surface area contributed by atoms with Gasteiger partial charge in [-0.2, -0.15) is 0 Å². The molecule has 0 radical (unpaired) electrons. The summed E-state index contributed by atoms with van der Waals surface area (Å²) in [5, 5.41) is 9.37. The van der Waals surface area contributed by atoms with Crippen LogP contribution in [0.4, 0.5) is 11.5 Å². The number of nitrogens with zero attached hydrogens (tertiary/aromatic N) is 2. The molecule has 2 aromatic rings. The van der Waals surface area contributed by atoms with E-state index in [4.69, 9.17) is 0 Å². The minimum Gasteiger partial charge on any atom is -0.332 e. The first kappa shape index (κ1) is 21.3. The summed E-state index contributed by atoms with van der Waals surface area (Å²) in [6.45, 7) is 1.46. The first-order valence-corrected chi connectivity index (χ1v) is 12.2. The molecule has 34 heavy (non-hydrogen) atoms. The molecular weight excluding hydrogens is 430 g/mol. The highest BCUT2D eigenvalue weighted by atomic mass is 16.2. The summed E-state index contributed by atoms with van der Waals surface area (Å²) in [5.41, 5.74) is 2.70. The molecule has 2 aliphatic carbocycles. The number of hydrogen-bond donors (Lipinski definition) is 3. The maximum Gasteiger partial charge on any atom is 0.243 e. The largest absolute Gasteiger partial charge is 0.332 e. The van der Waals surface area contributed by atoms with Gasteiger partial charge < -0.3 is 20.9 Å². The average Bonchev–Trinajstić information content (AvgIpc) is 3.50. The van der Waals surface area contributed by atoms with Crippen LogP contribution in [0.15, 0.2) is 36.5 Å². The topological polar surface area (TPSA) is 103 Å². The Hall–Kier alpha value is -3.26. The second kappa shape index (κ2) is 7.91.